The summed E-state index contributed by atoms with van der Waals surface area (Å²) in [5.41, 5.74) is 2.23. The molecule has 4 aromatic rings. The van der Waals surface area contributed by atoms with E-state index in [1.54, 1.807) is 25.6 Å². The zero-order valence-electron chi connectivity index (χ0n) is 17.7. The molecule has 164 valence electrons. The number of benzene rings is 2. The minimum atomic E-state index is -0.351. The molecule has 0 radical (unpaired) electrons. The standard InChI is InChI=1S/C24H24N4O4/c1-2-32-24(29)12-6-11-22(21-13-25-16-26-21)27-14-20(23(15-27)28(30)31)19-10-5-8-17-7-3-4-9-18(17)19/h3-5,7-10,13-16,22H,2,6,11-12H2,1H3,(H,25,26). The van der Waals surface area contributed by atoms with Crippen molar-refractivity contribution in [3.05, 3.63) is 83.2 Å². The van der Waals surface area contributed by atoms with Gasteiger partial charge in [0.2, 0.25) is 0 Å². The van der Waals surface area contributed by atoms with Gasteiger partial charge in [-0.3, -0.25) is 14.9 Å². The SMILES string of the molecule is CCOC(=O)CCCC(c1cnc[nH]1)n1cc(-c2cccc3ccccc23)c([N+](=O)[O-])c1. The molecule has 0 saturated heterocycles. The second-order valence-corrected chi connectivity index (χ2v) is 7.51. The van der Waals surface area contributed by atoms with Gasteiger partial charge in [0, 0.05) is 12.6 Å². The molecule has 1 N–H and O–H groups in total. The molecule has 8 heteroatoms. The van der Waals surface area contributed by atoms with Gasteiger partial charge in [0.25, 0.3) is 5.69 Å². The van der Waals surface area contributed by atoms with Crippen molar-refractivity contribution in [2.75, 3.05) is 6.61 Å². The first-order valence-corrected chi connectivity index (χ1v) is 10.6. The maximum absolute atomic E-state index is 11.9. The van der Waals surface area contributed by atoms with Crippen molar-refractivity contribution in [2.24, 2.45) is 0 Å². The van der Waals surface area contributed by atoms with Crippen LogP contribution in [0.15, 0.2) is 67.4 Å². The number of ether oxygens (including phenoxy) is 1. The molecule has 0 spiro atoms. The Morgan fingerprint density at radius 1 is 1.19 bits per heavy atom. The van der Waals surface area contributed by atoms with Gasteiger partial charge in [-0.1, -0.05) is 42.5 Å². The molecule has 1 atom stereocenters. The number of aromatic nitrogens is 3. The van der Waals surface area contributed by atoms with E-state index in [4.69, 9.17) is 4.74 Å². The third kappa shape index (κ3) is 4.39. The molecule has 2 aromatic carbocycles. The number of nitrogens with zero attached hydrogens (tertiary/aromatic N) is 3. The van der Waals surface area contributed by atoms with Gasteiger partial charge < -0.3 is 14.3 Å². The minimum Gasteiger partial charge on any atom is -0.466 e. The fraction of sp³-hybridized carbons (Fsp3) is 0.250. The van der Waals surface area contributed by atoms with Crippen LogP contribution in [-0.4, -0.2) is 32.0 Å². The Balaban J connectivity index is 1.73. The number of H-pyrrole nitrogens is 1. The van der Waals surface area contributed by atoms with Gasteiger partial charge in [0.1, 0.15) is 0 Å². The zero-order chi connectivity index (χ0) is 22.5. The van der Waals surface area contributed by atoms with Crippen LogP contribution >= 0.6 is 0 Å². The molecule has 4 rings (SSSR count). The lowest BCUT2D eigenvalue weighted by Gasteiger charge is -2.17. The normalized spacial score (nSPS) is 12.0. The van der Waals surface area contributed by atoms with E-state index in [0.717, 1.165) is 22.0 Å². The Hall–Kier alpha value is -3.94. The molecular weight excluding hydrogens is 408 g/mol. The maximum Gasteiger partial charge on any atom is 0.305 e. The highest BCUT2D eigenvalue weighted by molar-refractivity contribution is 5.98. The van der Waals surface area contributed by atoms with E-state index in [-0.39, 0.29) is 29.0 Å². The van der Waals surface area contributed by atoms with Crippen molar-refractivity contribution in [3.63, 3.8) is 0 Å². The van der Waals surface area contributed by atoms with Crippen LogP contribution in [0.1, 0.15) is 37.9 Å². The summed E-state index contributed by atoms with van der Waals surface area (Å²) in [6.45, 7) is 2.13. The molecule has 1 unspecified atom stereocenters. The molecule has 8 nitrogen and oxygen atoms in total. The Labute approximate surface area is 185 Å². The first kappa shape index (κ1) is 21.3. The first-order valence-electron chi connectivity index (χ1n) is 10.6. The molecule has 0 saturated carbocycles. The predicted octanol–water partition coefficient (Wildman–Crippen LogP) is 5.26. The van der Waals surface area contributed by atoms with Crippen LogP contribution in [0, 0.1) is 10.1 Å². The summed E-state index contributed by atoms with van der Waals surface area (Å²) in [6, 6.07) is 13.4. The molecule has 0 aliphatic rings. The van der Waals surface area contributed by atoms with E-state index in [0.29, 0.717) is 25.0 Å². The lowest BCUT2D eigenvalue weighted by atomic mass is 9.99. The Morgan fingerprint density at radius 3 is 2.75 bits per heavy atom. The summed E-state index contributed by atoms with van der Waals surface area (Å²) >= 11 is 0. The molecule has 0 amide bonds. The van der Waals surface area contributed by atoms with Crippen molar-refractivity contribution in [2.45, 2.75) is 32.2 Å². The summed E-state index contributed by atoms with van der Waals surface area (Å²) in [7, 11) is 0. The van der Waals surface area contributed by atoms with E-state index in [9.17, 15) is 14.9 Å². The molecular formula is C24H24N4O4. The van der Waals surface area contributed by atoms with Gasteiger partial charge in [0.05, 0.1) is 47.6 Å². The van der Waals surface area contributed by atoms with Crippen LogP contribution in [0.4, 0.5) is 5.69 Å². The number of imidazole rings is 1. The Bertz CT molecular complexity index is 1220. The van der Waals surface area contributed by atoms with E-state index in [1.807, 2.05) is 53.2 Å². The van der Waals surface area contributed by atoms with E-state index in [1.165, 1.54) is 0 Å². The second kappa shape index (κ2) is 9.47. The number of rotatable bonds is 9. The molecule has 2 heterocycles. The van der Waals surface area contributed by atoms with Crippen LogP contribution in [0.25, 0.3) is 21.9 Å². The van der Waals surface area contributed by atoms with Crippen LogP contribution in [0.5, 0.6) is 0 Å². The highest BCUT2D eigenvalue weighted by Gasteiger charge is 2.25. The number of carbonyl (C=O) groups is 1. The van der Waals surface area contributed by atoms with Gasteiger partial charge >= 0.3 is 5.97 Å². The number of hydrogen-bond donors (Lipinski definition) is 1. The third-order valence-corrected chi connectivity index (χ3v) is 5.50. The first-order chi connectivity index (χ1) is 15.6. The van der Waals surface area contributed by atoms with Crippen LogP contribution in [0.3, 0.4) is 0 Å². The fourth-order valence-electron chi connectivity index (χ4n) is 4.04. The van der Waals surface area contributed by atoms with Gasteiger partial charge in [-0.05, 0) is 36.1 Å². The lowest BCUT2D eigenvalue weighted by Crippen LogP contribution is -2.11. The largest absolute Gasteiger partial charge is 0.466 e. The number of carbonyl (C=O) groups excluding carboxylic acids is 1. The van der Waals surface area contributed by atoms with Gasteiger partial charge in [-0.2, -0.15) is 0 Å². The summed E-state index contributed by atoms with van der Waals surface area (Å²) in [6.07, 6.45) is 8.14. The highest BCUT2D eigenvalue weighted by atomic mass is 16.6. The number of aromatic amines is 1. The van der Waals surface area contributed by atoms with Crippen molar-refractivity contribution >= 4 is 22.4 Å². The molecule has 0 aliphatic heterocycles. The van der Waals surface area contributed by atoms with E-state index >= 15 is 0 Å². The molecule has 0 aliphatic carbocycles. The predicted molar refractivity (Wildman–Crippen MR) is 121 cm³/mol. The number of nitro groups is 1. The zero-order valence-corrected chi connectivity index (χ0v) is 17.7. The van der Waals surface area contributed by atoms with E-state index < -0.39 is 0 Å². The average Bonchev–Trinajstić information content (AvgIpc) is 3.47. The van der Waals surface area contributed by atoms with Gasteiger partial charge in [0.15, 0.2) is 0 Å². The van der Waals surface area contributed by atoms with E-state index in [2.05, 4.69) is 9.97 Å². The van der Waals surface area contributed by atoms with Crippen molar-refractivity contribution in [3.8, 4) is 11.1 Å². The summed E-state index contributed by atoms with van der Waals surface area (Å²) in [4.78, 5) is 30.6. The highest BCUT2D eigenvalue weighted by Crippen LogP contribution is 2.38. The smallest absolute Gasteiger partial charge is 0.305 e. The lowest BCUT2D eigenvalue weighted by molar-refractivity contribution is -0.384. The summed E-state index contributed by atoms with van der Waals surface area (Å²) < 4.78 is 6.86. The quantitative estimate of drug-likeness (QED) is 0.221. The number of nitrogens with one attached hydrogen (secondary N) is 1. The van der Waals surface area contributed by atoms with Crippen molar-refractivity contribution in [1.29, 1.82) is 0 Å². The molecule has 2 aromatic heterocycles. The van der Waals surface area contributed by atoms with Crippen LogP contribution in [-0.2, 0) is 9.53 Å². The third-order valence-electron chi connectivity index (χ3n) is 5.50. The van der Waals surface area contributed by atoms with Gasteiger partial charge in [-0.25, -0.2) is 4.98 Å². The molecule has 32 heavy (non-hydrogen) atoms. The van der Waals surface area contributed by atoms with Crippen molar-refractivity contribution < 1.29 is 14.5 Å². The minimum absolute atomic E-state index is 0.0382. The average molecular weight is 432 g/mol. The Kier molecular flexibility index (Phi) is 6.30. The topological polar surface area (TPSA) is 103 Å². The molecule has 0 bridgehead atoms. The Morgan fingerprint density at radius 2 is 2.00 bits per heavy atom. The van der Waals surface area contributed by atoms with Crippen LogP contribution < -0.4 is 0 Å². The molecule has 0 fully saturated rings. The maximum atomic E-state index is 11.9. The summed E-state index contributed by atoms with van der Waals surface area (Å²) in [5, 5.41) is 13.9. The van der Waals surface area contributed by atoms with Gasteiger partial charge in [-0.15, -0.1) is 0 Å². The second-order valence-electron chi connectivity index (χ2n) is 7.51. The fourth-order valence-corrected chi connectivity index (χ4v) is 4.04. The number of esters is 1. The summed E-state index contributed by atoms with van der Waals surface area (Å²) in [5.74, 6) is -0.245. The van der Waals surface area contributed by atoms with Crippen LogP contribution in [0.2, 0.25) is 0 Å². The number of fused-ring (bicyclic) bond motifs is 1. The number of hydrogen-bond acceptors (Lipinski definition) is 5. The van der Waals surface area contributed by atoms with Crippen molar-refractivity contribution in [1.82, 2.24) is 14.5 Å². The monoisotopic (exact) mass is 432 g/mol.